The number of tetrazole rings is 1. The molecule has 8 nitrogen and oxygen atoms in total. The molecule has 1 saturated carbocycles. The van der Waals surface area contributed by atoms with E-state index < -0.39 is 0 Å². The van der Waals surface area contributed by atoms with E-state index in [1.165, 1.54) is 0 Å². The minimum atomic E-state index is -0.0942. The minimum absolute atomic E-state index is 0.0942. The van der Waals surface area contributed by atoms with Crippen LogP contribution in [0.15, 0.2) is 30.3 Å². The first-order chi connectivity index (χ1) is 13.7. The maximum atomic E-state index is 12.5. The van der Waals surface area contributed by atoms with Gasteiger partial charge in [-0.2, -0.15) is 4.80 Å². The van der Waals surface area contributed by atoms with Crippen molar-refractivity contribution in [3.8, 4) is 11.4 Å². The molecule has 0 spiro atoms. The average molecular weight is 384 g/mol. The van der Waals surface area contributed by atoms with Gasteiger partial charge < -0.3 is 15.4 Å². The summed E-state index contributed by atoms with van der Waals surface area (Å²) >= 11 is 0. The Hall–Kier alpha value is -2.32. The maximum absolute atomic E-state index is 12.5. The van der Waals surface area contributed by atoms with E-state index in [0.717, 1.165) is 44.2 Å². The minimum Gasteiger partial charge on any atom is -0.384 e. The number of carbonyl (C=O) groups excluding carboxylic acids is 1. The van der Waals surface area contributed by atoms with Crippen molar-refractivity contribution in [2.75, 3.05) is 20.3 Å². The largest absolute Gasteiger partial charge is 0.384 e. The molecule has 2 aliphatic rings. The number of ether oxygens (including phenoxy) is 1. The van der Waals surface area contributed by atoms with Crippen LogP contribution in [0.1, 0.15) is 38.1 Å². The fourth-order valence-corrected chi connectivity index (χ4v) is 4.21. The molecule has 2 N–H and O–H groups in total. The van der Waals surface area contributed by atoms with Gasteiger partial charge in [0.2, 0.25) is 11.7 Å². The van der Waals surface area contributed by atoms with Crippen LogP contribution in [0, 0.1) is 5.92 Å². The number of benzene rings is 1. The van der Waals surface area contributed by atoms with Crippen LogP contribution in [0.4, 0.5) is 0 Å². The summed E-state index contributed by atoms with van der Waals surface area (Å²) in [4.78, 5) is 14.3. The van der Waals surface area contributed by atoms with E-state index in [-0.39, 0.29) is 24.0 Å². The lowest BCUT2D eigenvalue weighted by atomic mass is 9.91. The molecular weight excluding hydrogens is 356 g/mol. The molecule has 2 heterocycles. The Bertz CT molecular complexity index is 772. The second-order valence-corrected chi connectivity index (χ2v) is 7.83. The fraction of sp³-hybridized carbons (Fsp3) is 0.600. The van der Waals surface area contributed by atoms with E-state index in [0.29, 0.717) is 18.3 Å². The third-order valence-corrected chi connectivity index (χ3v) is 5.77. The molecule has 150 valence electrons. The topological polar surface area (TPSA) is 94.0 Å². The van der Waals surface area contributed by atoms with Crippen LogP contribution in [0.3, 0.4) is 0 Å². The van der Waals surface area contributed by atoms with Crippen LogP contribution in [0.2, 0.25) is 0 Å². The van der Waals surface area contributed by atoms with E-state index in [1.807, 2.05) is 30.3 Å². The Kier molecular flexibility index (Phi) is 5.97. The number of aromatic nitrogens is 4. The van der Waals surface area contributed by atoms with Crippen molar-refractivity contribution < 1.29 is 9.53 Å². The van der Waals surface area contributed by atoms with Crippen molar-refractivity contribution in [2.24, 2.45) is 5.92 Å². The molecule has 4 rings (SSSR count). The zero-order valence-corrected chi connectivity index (χ0v) is 16.3. The number of rotatable bonds is 6. The fourth-order valence-electron chi connectivity index (χ4n) is 4.21. The van der Waals surface area contributed by atoms with Gasteiger partial charge in [0, 0.05) is 25.3 Å². The Labute approximate surface area is 165 Å². The molecule has 1 amide bonds. The standard InChI is InChI=1S/C20H28N6O2/c1-28-13-14-11-18(21-12-14)20(27)22-16-7-9-17(10-8-16)26-24-19(23-25-26)15-5-3-2-4-6-15/h2-6,14,16-18,21H,7-13H2,1H3,(H,22,27)/t14-,16?,17?,18-/m0/s1. The molecule has 28 heavy (non-hydrogen) atoms. The van der Waals surface area contributed by atoms with Crippen molar-refractivity contribution in [2.45, 2.75) is 50.2 Å². The van der Waals surface area contributed by atoms with Gasteiger partial charge in [0.1, 0.15) is 0 Å². The first kappa shape index (κ1) is 19.0. The predicted molar refractivity (Wildman–Crippen MR) is 104 cm³/mol. The van der Waals surface area contributed by atoms with Crippen molar-refractivity contribution in [1.82, 2.24) is 30.8 Å². The summed E-state index contributed by atoms with van der Waals surface area (Å²) < 4.78 is 5.20. The Morgan fingerprint density at radius 3 is 2.79 bits per heavy atom. The molecule has 1 saturated heterocycles. The highest BCUT2D eigenvalue weighted by Gasteiger charge is 2.32. The summed E-state index contributed by atoms with van der Waals surface area (Å²) in [6, 6.07) is 10.3. The summed E-state index contributed by atoms with van der Waals surface area (Å²) in [5.41, 5.74) is 0.977. The van der Waals surface area contributed by atoms with Crippen LogP contribution in [-0.2, 0) is 9.53 Å². The van der Waals surface area contributed by atoms with Crippen molar-refractivity contribution >= 4 is 5.91 Å². The average Bonchev–Trinajstić information content (AvgIpc) is 3.40. The Morgan fingerprint density at radius 2 is 2.04 bits per heavy atom. The lowest BCUT2D eigenvalue weighted by Gasteiger charge is -2.29. The van der Waals surface area contributed by atoms with Gasteiger partial charge in [-0.15, -0.1) is 10.2 Å². The van der Waals surface area contributed by atoms with Crippen LogP contribution in [-0.4, -0.2) is 58.5 Å². The predicted octanol–water partition coefficient (Wildman–Crippen LogP) is 1.56. The van der Waals surface area contributed by atoms with Gasteiger partial charge in [-0.3, -0.25) is 4.79 Å². The van der Waals surface area contributed by atoms with Gasteiger partial charge in [-0.05, 0) is 43.2 Å². The summed E-state index contributed by atoms with van der Waals surface area (Å²) in [6.07, 6.45) is 4.61. The zero-order chi connectivity index (χ0) is 19.3. The summed E-state index contributed by atoms with van der Waals surface area (Å²) in [7, 11) is 1.71. The highest BCUT2D eigenvalue weighted by atomic mass is 16.5. The first-order valence-corrected chi connectivity index (χ1v) is 10.1. The molecular formula is C20H28N6O2. The summed E-state index contributed by atoms with van der Waals surface area (Å²) in [5.74, 6) is 1.20. The third kappa shape index (κ3) is 4.39. The number of hydrogen-bond donors (Lipinski definition) is 2. The summed E-state index contributed by atoms with van der Waals surface area (Å²) in [5, 5.41) is 19.5. The molecule has 8 heteroatoms. The number of carbonyl (C=O) groups is 1. The molecule has 1 aromatic carbocycles. The van der Waals surface area contributed by atoms with Gasteiger partial charge in [-0.1, -0.05) is 30.3 Å². The Balaban J connectivity index is 1.26. The number of methoxy groups -OCH3 is 1. The molecule has 0 bridgehead atoms. The van der Waals surface area contributed by atoms with Gasteiger partial charge in [0.05, 0.1) is 18.7 Å². The number of nitrogens with zero attached hydrogens (tertiary/aromatic N) is 4. The van der Waals surface area contributed by atoms with E-state index in [1.54, 1.807) is 11.9 Å². The molecule has 2 aromatic rings. The molecule has 2 atom stereocenters. The van der Waals surface area contributed by atoms with Gasteiger partial charge in [0.25, 0.3) is 0 Å². The van der Waals surface area contributed by atoms with Gasteiger partial charge >= 0.3 is 0 Å². The second-order valence-electron chi connectivity index (χ2n) is 7.83. The van der Waals surface area contributed by atoms with E-state index >= 15 is 0 Å². The quantitative estimate of drug-likeness (QED) is 0.785. The smallest absolute Gasteiger partial charge is 0.237 e. The zero-order valence-electron chi connectivity index (χ0n) is 16.3. The van der Waals surface area contributed by atoms with E-state index in [2.05, 4.69) is 26.0 Å². The van der Waals surface area contributed by atoms with Gasteiger partial charge in [-0.25, -0.2) is 0 Å². The second kappa shape index (κ2) is 8.79. The van der Waals surface area contributed by atoms with Crippen LogP contribution in [0.5, 0.6) is 0 Å². The molecule has 0 unspecified atom stereocenters. The number of amides is 1. The van der Waals surface area contributed by atoms with Crippen molar-refractivity contribution in [3.05, 3.63) is 30.3 Å². The molecule has 1 aliphatic heterocycles. The normalized spacial score (nSPS) is 27.6. The molecule has 0 radical (unpaired) electrons. The molecule has 1 aromatic heterocycles. The lowest BCUT2D eigenvalue weighted by molar-refractivity contribution is -0.123. The van der Waals surface area contributed by atoms with Crippen LogP contribution >= 0.6 is 0 Å². The van der Waals surface area contributed by atoms with Crippen molar-refractivity contribution in [1.29, 1.82) is 0 Å². The third-order valence-electron chi connectivity index (χ3n) is 5.77. The van der Waals surface area contributed by atoms with E-state index in [4.69, 9.17) is 4.74 Å². The van der Waals surface area contributed by atoms with Crippen molar-refractivity contribution in [3.63, 3.8) is 0 Å². The number of nitrogens with one attached hydrogen (secondary N) is 2. The van der Waals surface area contributed by atoms with Crippen LogP contribution in [0.25, 0.3) is 11.4 Å². The highest BCUT2D eigenvalue weighted by Crippen LogP contribution is 2.28. The summed E-state index contributed by atoms with van der Waals surface area (Å²) in [6.45, 7) is 1.55. The van der Waals surface area contributed by atoms with E-state index in [9.17, 15) is 4.79 Å². The molecule has 1 aliphatic carbocycles. The maximum Gasteiger partial charge on any atom is 0.237 e. The Morgan fingerprint density at radius 1 is 1.25 bits per heavy atom. The lowest BCUT2D eigenvalue weighted by Crippen LogP contribution is -2.46. The monoisotopic (exact) mass is 384 g/mol. The first-order valence-electron chi connectivity index (χ1n) is 10.1. The number of hydrogen-bond acceptors (Lipinski definition) is 6. The SMILES string of the molecule is COC[C@@H]1CN[C@H](C(=O)NC2CCC(n3nnc(-c4ccccc4)n3)CC2)C1. The highest BCUT2D eigenvalue weighted by molar-refractivity contribution is 5.82. The molecule has 2 fully saturated rings. The van der Waals surface area contributed by atoms with Gasteiger partial charge in [0.15, 0.2) is 0 Å². The van der Waals surface area contributed by atoms with Crippen LogP contribution < -0.4 is 10.6 Å².